The Morgan fingerprint density at radius 1 is 1.53 bits per heavy atom. The number of rotatable bonds is 6. The van der Waals surface area contributed by atoms with Gasteiger partial charge in [0.15, 0.2) is 0 Å². The Labute approximate surface area is 117 Å². The van der Waals surface area contributed by atoms with Crippen molar-refractivity contribution in [1.82, 2.24) is 4.90 Å². The number of esters is 1. The van der Waals surface area contributed by atoms with E-state index in [-0.39, 0.29) is 18.3 Å². The molecule has 0 aliphatic heterocycles. The van der Waals surface area contributed by atoms with Crippen molar-refractivity contribution < 1.29 is 13.9 Å². The fraction of sp³-hybridized carbons (Fsp3) is 0.500. The highest BCUT2D eigenvalue weighted by atomic mass is 35.5. The van der Waals surface area contributed by atoms with Crippen LogP contribution in [-0.2, 0) is 16.1 Å². The maximum absolute atomic E-state index is 13.2. The molecule has 5 heteroatoms. The minimum Gasteiger partial charge on any atom is -0.465 e. The van der Waals surface area contributed by atoms with Crippen LogP contribution in [0.3, 0.4) is 0 Å². The summed E-state index contributed by atoms with van der Waals surface area (Å²) in [4.78, 5) is 13.6. The SMILES string of the molecule is CCOC(=O)CN(Cc1cc(F)ccc1Cl)C1CC1. The van der Waals surface area contributed by atoms with Crippen LogP contribution >= 0.6 is 11.6 Å². The Balaban J connectivity index is 2.04. The molecule has 0 saturated heterocycles. The Hall–Kier alpha value is -1.13. The summed E-state index contributed by atoms with van der Waals surface area (Å²) in [5.41, 5.74) is 0.706. The average molecular weight is 286 g/mol. The Morgan fingerprint density at radius 2 is 2.26 bits per heavy atom. The number of carbonyl (C=O) groups excluding carboxylic acids is 1. The third-order valence-electron chi connectivity index (χ3n) is 3.08. The lowest BCUT2D eigenvalue weighted by molar-refractivity contribution is -0.144. The first-order valence-electron chi connectivity index (χ1n) is 6.43. The van der Waals surface area contributed by atoms with E-state index in [1.54, 1.807) is 13.0 Å². The molecule has 0 N–H and O–H groups in total. The molecule has 0 aromatic heterocycles. The lowest BCUT2D eigenvalue weighted by Crippen LogP contribution is -2.32. The van der Waals surface area contributed by atoms with Crippen LogP contribution < -0.4 is 0 Å². The molecule has 104 valence electrons. The number of nitrogens with zero attached hydrogens (tertiary/aromatic N) is 1. The van der Waals surface area contributed by atoms with Crippen LogP contribution in [-0.4, -0.2) is 30.1 Å². The molecule has 1 aromatic rings. The van der Waals surface area contributed by atoms with Gasteiger partial charge in [0.1, 0.15) is 5.82 Å². The second-order valence-corrected chi connectivity index (χ2v) is 5.08. The van der Waals surface area contributed by atoms with E-state index >= 15 is 0 Å². The van der Waals surface area contributed by atoms with Gasteiger partial charge >= 0.3 is 5.97 Å². The Morgan fingerprint density at radius 3 is 2.89 bits per heavy atom. The molecule has 2 rings (SSSR count). The zero-order valence-corrected chi connectivity index (χ0v) is 11.6. The summed E-state index contributed by atoms with van der Waals surface area (Å²) in [6.45, 7) is 2.85. The van der Waals surface area contributed by atoms with Crippen molar-refractivity contribution in [1.29, 1.82) is 0 Å². The second kappa shape index (κ2) is 6.35. The number of halogens is 2. The molecule has 0 bridgehead atoms. The maximum atomic E-state index is 13.2. The van der Waals surface area contributed by atoms with E-state index in [4.69, 9.17) is 16.3 Å². The van der Waals surface area contributed by atoms with Gasteiger partial charge < -0.3 is 4.74 Å². The number of ether oxygens (including phenoxy) is 1. The highest BCUT2D eigenvalue weighted by Crippen LogP contribution is 2.29. The van der Waals surface area contributed by atoms with Gasteiger partial charge in [0.2, 0.25) is 0 Å². The van der Waals surface area contributed by atoms with E-state index in [1.807, 2.05) is 4.90 Å². The molecule has 3 nitrogen and oxygen atoms in total. The van der Waals surface area contributed by atoms with Gasteiger partial charge in [-0.15, -0.1) is 0 Å². The molecular formula is C14H17ClFNO2. The standard InChI is InChI=1S/C14H17ClFNO2/c1-2-19-14(18)9-17(12-4-5-12)8-10-7-11(16)3-6-13(10)15/h3,6-7,12H,2,4-5,8-9H2,1H3. The lowest BCUT2D eigenvalue weighted by Gasteiger charge is -2.21. The van der Waals surface area contributed by atoms with E-state index in [9.17, 15) is 9.18 Å². The normalized spacial score (nSPS) is 14.7. The van der Waals surface area contributed by atoms with Crippen LogP contribution in [0.2, 0.25) is 5.02 Å². The molecule has 1 saturated carbocycles. The molecule has 0 heterocycles. The van der Waals surface area contributed by atoms with Crippen molar-refractivity contribution in [2.45, 2.75) is 32.4 Å². The second-order valence-electron chi connectivity index (χ2n) is 4.68. The van der Waals surface area contributed by atoms with E-state index in [0.717, 1.165) is 12.8 Å². The van der Waals surface area contributed by atoms with Crippen molar-refractivity contribution >= 4 is 17.6 Å². The zero-order valence-electron chi connectivity index (χ0n) is 10.9. The molecule has 1 aromatic carbocycles. The quantitative estimate of drug-likeness (QED) is 0.753. The first-order valence-corrected chi connectivity index (χ1v) is 6.81. The van der Waals surface area contributed by atoms with E-state index in [0.29, 0.717) is 29.8 Å². The summed E-state index contributed by atoms with van der Waals surface area (Å²) in [5.74, 6) is -0.562. The van der Waals surface area contributed by atoms with Crippen molar-refractivity contribution in [3.63, 3.8) is 0 Å². The minimum absolute atomic E-state index is 0.228. The summed E-state index contributed by atoms with van der Waals surface area (Å²) in [6, 6.07) is 4.67. The van der Waals surface area contributed by atoms with E-state index < -0.39 is 0 Å². The molecule has 0 spiro atoms. The van der Waals surface area contributed by atoms with Gasteiger partial charge in [0, 0.05) is 17.6 Å². The van der Waals surface area contributed by atoms with Gasteiger partial charge in [-0.1, -0.05) is 11.6 Å². The predicted octanol–water partition coefficient (Wildman–Crippen LogP) is 3.01. The Kier molecular flexibility index (Phi) is 4.77. The third-order valence-corrected chi connectivity index (χ3v) is 3.45. The largest absolute Gasteiger partial charge is 0.465 e. The molecule has 19 heavy (non-hydrogen) atoms. The highest BCUT2D eigenvalue weighted by molar-refractivity contribution is 6.31. The van der Waals surface area contributed by atoms with Crippen molar-refractivity contribution in [2.75, 3.05) is 13.2 Å². The fourth-order valence-electron chi connectivity index (χ4n) is 2.01. The van der Waals surface area contributed by atoms with Crippen LogP contribution in [0, 0.1) is 5.82 Å². The van der Waals surface area contributed by atoms with Gasteiger partial charge in [0.25, 0.3) is 0 Å². The van der Waals surface area contributed by atoms with Crippen LogP contribution in [0.25, 0.3) is 0 Å². The van der Waals surface area contributed by atoms with Crippen LogP contribution in [0.15, 0.2) is 18.2 Å². The first kappa shape index (κ1) is 14.3. The number of hydrogen-bond acceptors (Lipinski definition) is 3. The summed E-state index contributed by atoms with van der Waals surface area (Å²) < 4.78 is 18.2. The van der Waals surface area contributed by atoms with Gasteiger partial charge in [-0.3, -0.25) is 9.69 Å². The van der Waals surface area contributed by atoms with Crippen LogP contribution in [0.1, 0.15) is 25.3 Å². The highest BCUT2D eigenvalue weighted by Gasteiger charge is 2.31. The number of carbonyl (C=O) groups is 1. The van der Waals surface area contributed by atoms with Crippen molar-refractivity contribution in [2.24, 2.45) is 0 Å². The van der Waals surface area contributed by atoms with Gasteiger partial charge in [0.05, 0.1) is 13.2 Å². The Bertz CT molecular complexity index is 463. The molecule has 0 amide bonds. The molecule has 1 aliphatic rings. The van der Waals surface area contributed by atoms with E-state index in [1.165, 1.54) is 12.1 Å². The average Bonchev–Trinajstić information content (AvgIpc) is 3.17. The summed E-state index contributed by atoms with van der Waals surface area (Å²) >= 11 is 6.05. The molecule has 1 fully saturated rings. The fourth-order valence-corrected chi connectivity index (χ4v) is 2.19. The third kappa shape index (κ3) is 4.18. The topological polar surface area (TPSA) is 29.5 Å². The summed E-state index contributed by atoms with van der Waals surface area (Å²) in [6.07, 6.45) is 2.12. The molecule has 0 atom stereocenters. The van der Waals surface area contributed by atoms with Crippen LogP contribution in [0.5, 0.6) is 0 Å². The molecule has 0 radical (unpaired) electrons. The smallest absolute Gasteiger partial charge is 0.320 e. The van der Waals surface area contributed by atoms with Crippen molar-refractivity contribution in [3.05, 3.63) is 34.6 Å². The summed E-state index contributed by atoms with van der Waals surface area (Å²) in [7, 11) is 0. The monoisotopic (exact) mass is 285 g/mol. The zero-order chi connectivity index (χ0) is 13.8. The molecule has 1 aliphatic carbocycles. The number of hydrogen-bond donors (Lipinski definition) is 0. The van der Waals surface area contributed by atoms with Gasteiger partial charge in [-0.05, 0) is 43.5 Å². The summed E-state index contributed by atoms with van der Waals surface area (Å²) in [5, 5.41) is 0.524. The van der Waals surface area contributed by atoms with Gasteiger partial charge in [-0.25, -0.2) is 4.39 Å². The first-order chi connectivity index (χ1) is 9.10. The van der Waals surface area contributed by atoms with E-state index in [2.05, 4.69) is 0 Å². The predicted molar refractivity (Wildman–Crippen MR) is 71.5 cm³/mol. The minimum atomic E-state index is -0.314. The molecule has 0 unspecified atom stereocenters. The molecular weight excluding hydrogens is 269 g/mol. The van der Waals surface area contributed by atoms with Crippen molar-refractivity contribution in [3.8, 4) is 0 Å². The lowest BCUT2D eigenvalue weighted by atomic mass is 10.2. The van der Waals surface area contributed by atoms with Gasteiger partial charge in [-0.2, -0.15) is 0 Å². The maximum Gasteiger partial charge on any atom is 0.320 e. The number of benzene rings is 1. The van der Waals surface area contributed by atoms with Crippen LogP contribution in [0.4, 0.5) is 4.39 Å².